The van der Waals surface area contributed by atoms with Gasteiger partial charge < -0.3 is 9.64 Å². The highest BCUT2D eigenvalue weighted by molar-refractivity contribution is 7.92. The highest BCUT2D eigenvalue weighted by Crippen LogP contribution is 2.32. The normalized spacial score (nSPS) is 15.2. The Morgan fingerprint density at radius 1 is 1.07 bits per heavy atom. The molecule has 1 saturated heterocycles. The molecule has 3 rings (SSSR count). The fourth-order valence-corrected chi connectivity index (χ4v) is 4.89. The number of likely N-dealkylation sites (tertiary alicyclic amines) is 1. The molecule has 0 aliphatic carbocycles. The van der Waals surface area contributed by atoms with Crippen molar-refractivity contribution < 1.29 is 17.9 Å². The average Bonchev–Trinajstić information content (AvgIpc) is 2.74. The van der Waals surface area contributed by atoms with Crippen LogP contribution in [0.5, 0.6) is 5.75 Å². The summed E-state index contributed by atoms with van der Waals surface area (Å²) in [5, 5.41) is 0. The van der Waals surface area contributed by atoms with Crippen LogP contribution in [0, 0.1) is 5.92 Å². The van der Waals surface area contributed by atoms with Crippen molar-refractivity contribution in [2.45, 2.75) is 31.6 Å². The van der Waals surface area contributed by atoms with E-state index in [2.05, 4.69) is 6.92 Å². The molecular formula is C22H28N2O4S. The van der Waals surface area contributed by atoms with Gasteiger partial charge in [0.1, 0.15) is 12.3 Å². The average molecular weight is 417 g/mol. The van der Waals surface area contributed by atoms with E-state index in [1.807, 2.05) is 6.92 Å². The minimum atomic E-state index is -3.93. The lowest BCUT2D eigenvalue weighted by Crippen LogP contribution is -2.45. The van der Waals surface area contributed by atoms with E-state index >= 15 is 0 Å². The van der Waals surface area contributed by atoms with Gasteiger partial charge in [0.15, 0.2) is 0 Å². The Morgan fingerprint density at radius 2 is 1.69 bits per heavy atom. The predicted octanol–water partition coefficient (Wildman–Crippen LogP) is 3.54. The topological polar surface area (TPSA) is 66.9 Å². The molecule has 0 bridgehead atoms. The number of benzene rings is 2. The standard InChI is InChI=1S/C22H28N2O4S/c1-3-28-21-12-8-7-11-20(21)24(29(26,27)19-9-5-4-6-10-19)17-22(25)23-15-13-18(2)14-16-23/h4-12,18H,3,13-17H2,1-2H3. The van der Waals surface area contributed by atoms with E-state index in [4.69, 9.17) is 4.74 Å². The molecule has 1 heterocycles. The molecule has 0 radical (unpaired) electrons. The zero-order chi connectivity index (χ0) is 20.9. The Labute approximate surface area is 173 Å². The van der Waals surface area contributed by atoms with Gasteiger partial charge in [-0.1, -0.05) is 37.3 Å². The van der Waals surface area contributed by atoms with Crippen molar-refractivity contribution in [2.24, 2.45) is 5.92 Å². The molecule has 1 aliphatic rings. The smallest absolute Gasteiger partial charge is 0.264 e. The van der Waals surface area contributed by atoms with Crippen LogP contribution < -0.4 is 9.04 Å². The summed E-state index contributed by atoms with van der Waals surface area (Å²) in [6.45, 7) is 5.47. The Hall–Kier alpha value is -2.54. The summed E-state index contributed by atoms with van der Waals surface area (Å²) < 4.78 is 33.8. The molecule has 7 heteroatoms. The van der Waals surface area contributed by atoms with Gasteiger partial charge in [-0.05, 0) is 49.9 Å². The summed E-state index contributed by atoms with van der Waals surface area (Å²) in [5.41, 5.74) is 0.372. The van der Waals surface area contributed by atoms with Crippen LogP contribution in [0.15, 0.2) is 59.5 Å². The summed E-state index contributed by atoms with van der Waals surface area (Å²) in [5.74, 6) is 0.833. The number of carbonyl (C=O) groups excluding carboxylic acids is 1. The van der Waals surface area contributed by atoms with Crippen molar-refractivity contribution in [3.63, 3.8) is 0 Å². The summed E-state index contributed by atoms with van der Waals surface area (Å²) in [6.07, 6.45) is 1.87. The first-order valence-electron chi connectivity index (χ1n) is 10.0. The van der Waals surface area contributed by atoms with Crippen LogP contribution >= 0.6 is 0 Å². The SMILES string of the molecule is CCOc1ccccc1N(CC(=O)N1CCC(C)CC1)S(=O)(=O)c1ccccc1. The Morgan fingerprint density at radius 3 is 2.34 bits per heavy atom. The number of rotatable bonds is 7. The third-order valence-corrected chi connectivity index (χ3v) is 6.95. The van der Waals surface area contributed by atoms with Gasteiger partial charge in [0.05, 0.1) is 17.2 Å². The monoisotopic (exact) mass is 416 g/mol. The fourth-order valence-electron chi connectivity index (χ4n) is 3.44. The first kappa shape index (κ1) is 21.2. The minimum absolute atomic E-state index is 0.145. The van der Waals surface area contributed by atoms with E-state index in [9.17, 15) is 13.2 Å². The number of anilines is 1. The van der Waals surface area contributed by atoms with Crippen molar-refractivity contribution >= 4 is 21.6 Å². The van der Waals surface area contributed by atoms with Crippen LogP contribution in [0.3, 0.4) is 0 Å². The Kier molecular flexibility index (Phi) is 6.79. The van der Waals surface area contributed by atoms with Gasteiger partial charge in [0.25, 0.3) is 10.0 Å². The number of ether oxygens (including phenoxy) is 1. The molecule has 1 fully saturated rings. The van der Waals surface area contributed by atoms with Gasteiger partial charge in [0.2, 0.25) is 5.91 Å². The van der Waals surface area contributed by atoms with Crippen molar-refractivity contribution in [1.29, 1.82) is 0 Å². The van der Waals surface area contributed by atoms with Crippen LogP contribution in [0.25, 0.3) is 0 Å². The largest absolute Gasteiger partial charge is 0.492 e. The number of para-hydroxylation sites is 2. The molecule has 1 amide bonds. The van der Waals surface area contributed by atoms with E-state index in [1.54, 1.807) is 59.5 Å². The number of amides is 1. The molecule has 0 spiro atoms. The van der Waals surface area contributed by atoms with Crippen LogP contribution in [0.2, 0.25) is 0 Å². The predicted molar refractivity (Wildman–Crippen MR) is 114 cm³/mol. The molecular weight excluding hydrogens is 388 g/mol. The maximum atomic E-state index is 13.5. The lowest BCUT2D eigenvalue weighted by atomic mass is 9.99. The number of piperidine rings is 1. The molecule has 29 heavy (non-hydrogen) atoms. The third-order valence-electron chi connectivity index (χ3n) is 5.18. The van der Waals surface area contributed by atoms with E-state index in [0.717, 1.165) is 12.8 Å². The molecule has 6 nitrogen and oxygen atoms in total. The van der Waals surface area contributed by atoms with E-state index in [0.29, 0.717) is 37.1 Å². The summed E-state index contributed by atoms with van der Waals surface area (Å²) >= 11 is 0. The van der Waals surface area contributed by atoms with Crippen LogP contribution in [0.1, 0.15) is 26.7 Å². The lowest BCUT2D eigenvalue weighted by molar-refractivity contribution is -0.130. The third kappa shape index (κ3) is 4.90. The molecule has 0 N–H and O–H groups in total. The molecule has 0 unspecified atom stereocenters. The molecule has 0 atom stereocenters. The van der Waals surface area contributed by atoms with E-state index in [1.165, 1.54) is 4.31 Å². The summed E-state index contributed by atoms with van der Waals surface area (Å²) in [6, 6.07) is 15.1. The second-order valence-electron chi connectivity index (χ2n) is 7.29. The second kappa shape index (κ2) is 9.31. The molecule has 156 valence electrons. The highest BCUT2D eigenvalue weighted by atomic mass is 32.2. The summed E-state index contributed by atoms with van der Waals surface area (Å²) in [4.78, 5) is 14.9. The van der Waals surface area contributed by atoms with Crippen molar-refractivity contribution in [3.05, 3.63) is 54.6 Å². The van der Waals surface area contributed by atoms with Crippen molar-refractivity contribution in [1.82, 2.24) is 4.90 Å². The van der Waals surface area contributed by atoms with Gasteiger partial charge in [-0.25, -0.2) is 8.42 Å². The molecule has 0 saturated carbocycles. The van der Waals surface area contributed by atoms with E-state index in [-0.39, 0.29) is 17.3 Å². The van der Waals surface area contributed by atoms with Gasteiger partial charge >= 0.3 is 0 Å². The van der Waals surface area contributed by atoms with Gasteiger partial charge in [-0.3, -0.25) is 9.10 Å². The highest BCUT2D eigenvalue weighted by Gasteiger charge is 2.31. The van der Waals surface area contributed by atoms with Crippen LogP contribution in [-0.2, 0) is 14.8 Å². The molecule has 2 aromatic rings. The first-order chi connectivity index (χ1) is 13.9. The van der Waals surface area contributed by atoms with Crippen molar-refractivity contribution in [3.8, 4) is 5.75 Å². The Bertz CT molecular complexity index is 923. The minimum Gasteiger partial charge on any atom is -0.492 e. The van der Waals surface area contributed by atoms with Gasteiger partial charge in [-0.15, -0.1) is 0 Å². The fraction of sp³-hybridized carbons (Fsp3) is 0.409. The number of sulfonamides is 1. The van der Waals surface area contributed by atoms with Crippen molar-refractivity contribution in [2.75, 3.05) is 30.5 Å². The summed E-state index contributed by atoms with van der Waals surface area (Å²) in [7, 11) is -3.93. The van der Waals surface area contributed by atoms with E-state index < -0.39 is 10.0 Å². The molecule has 0 aromatic heterocycles. The maximum Gasteiger partial charge on any atom is 0.264 e. The quantitative estimate of drug-likeness (QED) is 0.692. The first-order valence-corrected chi connectivity index (χ1v) is 11.4. The number of nitrogens with zero attached hydrogens (tertiary/aromatic N) is 2. The van der Waals surface area contributed by atoms with Gasteiger partial charge in [-0.2, -0.15) is 0 Å². The maximum absolute atomic E-state index is 13.5. The molecule has 1 aliphatic heterocycles. The molecule has 2 aromatic carbocycles. The van der Waals surface area contributed by atoms with Crippen LogP contribution in [-0.4, -0.2) is 45.5 Å². The number of hydrogen-bond acceptors (Lipinski definition) is 4. The van der Waals surface area contributed by atoms with Crippen LogP contribution in [0.4, 0.5) is 5.69 Å². The van der Waals surface area contributed by atoms with Gasteiger partial charge in [0, 0.05) is 13.1 Å². The Balaban J connectivity index is 1.97. The lowest BCUT2D eigenvalue weighted by Gasteiger charge is -2.33. The number of carbonyl (C=O) groups is 1. The zero-order valence-electron chi connectivity index (χ0n) is 17.0. The number of hydrogen-bond donors (Lipinski definition) is 0. The zero-order valence-corrected chi connectivity index (χ0v) is 17.8. The second-order valence-corrected chi connectivity index (χ2v) is 9.15.